The Balaban J connectivity index is 1.63. The largest absolute Gasteiger partial charge is 0.495 e. The quantitative estimate of drug-likeness (QED) is 0.346. The van der Waals surface area contributed by atoms with Crippen molar-refractivity contribution in [1.29, 1.82) is 0 Å². The molecular weight excluding hydrogens is 467 g/mol. The summed E-state index contributed by atoms with van der Waals surface area (Å²) in [6, 6.07) is 27.9. The van der Waals surface area contributed by atoms with E-state index in [1.165, 1.54) is 25.3 Å². The predicted octanol–water partition coefficient (Wildman–Crippen LogP) is 5.41. The standard InChI is InChI=1S/C27H23FN2O4S/c1-34-25-17-14-22(18-24(25)30-35(32,33)23-15-12-21(28)13-16-23)29-27(31)26(19-8-4-2-5-9-19)20-10-6-3-7-11-20/h2-18,26,30H,1H3,(H,29,31). The Kier molecular flexibility index (Phi) is 7.12. The lowest BCUT2D eigenvalue weighted by Crippen LogP contribution is -2.22. The lowest BCUT2D eigenvalue weighted by Gasteiger charge is -2.19. The molecule has 0 fully saturated rings. The third kappa shape index (κ3) is 5.67. The lowest BCUT2D eigenvalue weighted by molar-refractivity contribution is -0.116. The van der Waals surface area contributed by atoms with Crippen molar-refractivity contribution in [3.05, 3.63) is 120 Å². The maximum absolute atomic E-state index is 13.4. The minimum Gasteiger partial charge on any atom is -0.495 e. The zero-order valence-corrected chi connectivity index (χ0v) is 19.6. The molecule has 35 heavy (non-hydrogen) atoms. The minimum absolute atomic E-state index is 0.108. The third-order valence-electron chi connectivity index (χ3n) is 5.36. The van der Waals surface area contributed by atoms with E-state index in [0.29, 0.717) is 5.69 Å². The predicted molar refractivity (Wildman–Crippen MR) is 134 cm³/mol. The Bertz CT molecular complexity index is 1370. The van der Waals surface area contributed by atoms with E-state index in [4.69, 9.17) is 4.74 Å². The fourth-order valence-electron chi connectivity index (χ4n) is 3.68. The molecule has 0 bridgehead atoms. The van der Waals surface area contributed by atoms with E-state index in [0.717, 1.165) is 23.3 Å². The van der Waals surface area contributed by atoms with Crippen LogP contribution in [0.15, 0.2) is 108 Å². The lowest BCUT2D eigenvalue weighted by atomic mass is 9.90. The molecule has 0 spiro atoms. The topological polar surface area (TPSA) is 84.5 Å². The van der Waals surface area contributed by atoms with Crippen molar-refractivity contribution in [3.8, 4) is 5.75 Å². The number of halogens is 1. The van der Waals surface area contributed by atoms with E-state index in [9.17, 15) is 17.6 Å². The summed E-state index contributed by atoms with van der Waals surface area (Å²) < 4.78 is 46.6. The van der Waals surface area contributed by atoms with Gasteiger partial charge in [0.05, 0.1) is 23.6 Å². The van der Waals surface area contributed by atoms with Crippen LogP contribution in [0.3, 0.4) is 0 Å². The van der Waals surface area contributed by atoms with Gasteiger partial charge in [-0.05, 0) is 53.6 Å². The van der Waals surface area contributed by atoms with E-state index in [-0.39, 0.29) is 22.2 Å². The summed E-state index contributed by atoms with van der Waals surface area (Å²) in [6.45, 7) is 0. The highest BCUT2D eigenvalue weighted by Gasteiger charge is 2.23. The number of amides is 1. The molecule has 0 heterocycles. The molecule has 4 aromatic carbocycles. The summed E-state index contributed by atoms with van der Waals surface area (Å²) >= 11 is 0. The summed E-state index contributed by atoms with van der Waals surface area (Å²) in [5.41, 5.74) is 2.15. The number of carbonyl (C=O) groups is 1. The highest BCUT2D eigenvalue weighted by Crippen LogP contribution is 2.32. The van der Waals surface area contributed by atoms with Gasteiger partial charge < -0.3 is 10.1 Å². The Hall–Kier alpha value is -4.17. The van der Waals surface area contributed by atoms with Crippen LogP contribution in [-0.4, -0.2) is 21.4 Å². The van der Waals surface area contributed by atoms with E-state index in [1.807, 2.05) is 60.7 Å². The summed E-state index contributed by atoms with van der Waals surface area (Å²) in [7, 11) is -2.61. The van der Waals surface area contributed by atoms with Crippen LogP contribution >= 0.6 is 0 Å². The Morgan fingerprint density at radius 3 is 1.94 bits per heavy atom. The molecule has 0 aliphatic heterocycles. The number of nitrogens with one attached hydrogen (secondary N) is 2. The molecule has 0 atom stereocenters. The number of hydrogen-bond donors (Lipinski definition) is 2. The molecule has 2 N–H and O–H groups in total. The highest BCUT2D eigenvalue weighted by molar-refractivity contribution is 7.92. The van der Waals surface area contributed by atoms with Gasteiger partial charge in [-0.1, -0.05) is 60.7 Å². The first kappa shape index (κ1) is 24.0. The first-order valence-electron chi connectivity index (χ1n) is 10.7. The molecule has 0 unspecified atom stereocenters. The number of rotatable bonds is 8. The monoisotopic (exact) mass is 490 g/mol. The van der Waals surface area contributed by atoms with Crippen LogP contribution in [0.1, 0.15) is 17.0 Å². The molecule has 4 aromatic rings. The Morgan fingerprint density at radius 1 is 0.829 bits per heavy atom. The molecule has 0 aliphatic rings. The van der Waals surface area contributed by atoms with E-state index in [2.05, 4.69) is 10.0 Å². The van der Waals surface area contributed by atoms with Crippen molar-refractivity contribution < 1.29 is 22.3 Å². The fourth-order valence-corrected chi connectivity index (χ4v) is 4.74. The molecule has 0 saturated heterocycles. The smallest absolute Gasteiger partial charge is 0.262 e. The fraction of sp³-hybridized carbons (Fsp3) is 0.0741. The molecule has 1 amide bonds. The molecule has 178 valence electrons. The summed E-state index contributed by atoms with van der Waals surface area (Å²) in [5.74, 6) is -1.13. The molecule has 0 radical (unpaired) electrons. The zero-order chi connectivity index (χ0) is 24.8. The van der Waals surface area contributed by atoms with Gasteiger partial charge >= 0.3 is 0 Å². The number of hydrogen-bond acceptors (Lipinski definition) is 4. The number of benzene rings is 4. The number of anilines is 2. The molecule has 6 nitrogen and oxygen atoms in total. The molecule has 0 aromatic heterocycles. The second kappa shape index (κ2) is 10.4. The second-order valence-electron chi connectivity index (χ2n) is 7.72. The van der Waals surface area contributed by atoms with Gasteiger partial charge in [0, 0.05) is 5.69 Å². The second-order valence-corrected chi connectivity index (χ2v) is 9.40. The van der Waals surface area contributed by atoms with Crippen LogP contribution in [0.5, 0.6) is 5.75 Å². The van der Waals surface area contributed by atoms with Crippen molar-refractivity contribution >= 4 is 27.3 Å². The van der Waals surface area contributed by atoms with Gasteiger partial charge in [-0.3, -0.25) is 9.52 Å². The van der Waals surface area contributed by atoms with Crippen LogP contribution in [-0.2, 0) is 14.8 Å². The molecule has 4 rings (SSSR count). The summed E-state index contributed by atoms with van der Waals surface area (Å²) in [6.07, 6.45) is 0. The van der Waals surface area contributed by atoms with Crippen molar-refractivity contribution in [2.75, 3.05) is 17.1 Å². The third-order valence-corrected chi connectivity index (χ3v) is 6.74. The zero-order valence-electron chi connectivity index (χ0n) is 18.8. The molecule has 0 aliphatic carbocycles. The number of ether oxygens (including phenoxy) is 1. The van der Waals surface area contributed by atoms with Gasteiger partial charge in [0.2, 0.25) is 5.91 Å². The van der Waals surface area contributed by atoms with Crippen molar-refractivity contribution in [2.24, 2.45) is 0 Å². The van der Waals surface area contributed by atoms with E-state index in [1.54, 1.807) is 12.1 Å². The Labute approximate surface area is 203 Å². The van der Waals surface area contributed by atoms with Gasteiger partial charge in [-0.25, -0.2) is 12.8 Å². The van der Waals surface area contributed by atoms with Gasteiger partial charge in [-0.2, -0.15) is 0 Å². The molecule has 8 heteroatoms. The summed E-state index contributed by atoms with van der Waals surface area (Å²) in [5, 5.41) is 2.88. The first-order chi connectivity index (χ1) is 16.9. The van der Waals surface area contributed by atoms with Crippen LogP contribution in [0, 0.1) is 5.82 Å². The van der Waals surface area contributed by atoms with Crippen LogP contribution in [0.25, 0.3) is 0 Å². The average molecular weight is 491 g/mol. The highest BCUT2D eigenvalue weighted by atomic mass is 32.2. The van der Waals surface area contributed by atoms with Crippen LogP contribution in [0.2, 0.25) is 0 Å². The van der Waals surface area contributed by atoms with Crippen LogP contribution < -0.4 is 14.8 Å². The number of methoxy groups -OCH3 is 1. The van der Waals surface area contributed by atoms with Gasteiger partial charge in [0.25, 0.3) is 10.0 Å². The normalized spacial score (nSPS) is 11.2. The Morgan fingerprint density at radius 2 is 1.40 bits per heavy atom. The van der Waals surface area contributed by atoms with Crippen molar-refractivity contribution in [2.45, 2.75) is 10.8 Å². The maximum atomic E-state index is 13.4. The average Bonchev–Trinajstić information content (AvgIpc) is 2.86. The minimum atomic E-state index is -4.02. The van der Waals surface area contributed by atoms with Crippen molar-refractivity contribution in [1.82, 2.24) is 0 Å². The number of sulfonamides is 1. The van der Waals surface area contributed by atoms with Gasteiger partial charge in [0.1, 0.15) is 11.6 Å². The maximum Gasteiger partial charge on any atom is 0.262 e. The summed E-state index contributed by atoms with van der Waals surface area (Å²) in [4.78, 5) is 13.3. The van der Waals surface area contributed by atoms with Gasteiger partial charge in [-0.15, -0.1) is 0 Å². The van der Waals surface area contributed by atoms with Crippen LogP contribution in [0.4, 0.5) is 15.8 Å². The number of carbonyl (C=O) groups excluding carboxylic acids is 1. The van der Waals surface area contributed by atoms with E-state index < -0.39 is 21.8 Å². The first-order valence-corrected chi connectivity index (χ1v) is 12.2. The SMILES string of the molecule is COc1ccc(NC(=O)C(c2ccccc2)c2ccccc2)cc1NS(=O)(=O)c1ccc(F)cc1. The van der Waals surface area contributed by atoms with Gasteiger partial charge in [0.15, 0.2) is 0 Å². The molecular formula is C27H23FN2O4S. The molecule has 0 saturated carbocycles. The van der Waals surface area contributed by atoms with E-state index >= 15 is 0 Å². The van der Waals surface area contributed by atoms with Crippen molar-refractivity contribution in [3.63, 3.8) is 0 Å².